The van der Waals surface area contributed by atoms with Crippen molar-refractivity contribution in [1.29, 1.82) is 0 Å². The first-order chi connectivity index (χ1) is 49.1. The summed E-state index contributed by atoms with van der Waals surface area (Å²) in [6.07, 6.45) is 112. The van der Waals surface area contributed by atoms with Crippen LogP contribution in [-0.2, 0) is 33.3 Å². The molecule has 0 spiro atoms. The molecule has 9 heteroatoms. The Hall–Kier alpha value is -4.31. The van der Waals surface area contributed by atoms with Crippen LogP contribution in [0.3, 0.4) is 0 Å². The van der Waals surface area contributed by atoms with E-state index in [-0.39, 0.29) is 32.2 Å². The number of allylic oxidation sites excluding steroid dienone is 20. The Morgan fingerprint density at radius 1 is 0.310 bits per heavy atom. The van der Waals surface area contributed by atoms with Crippen LogP contribution in [0.4, 0.5) is 0 Å². The molecule has 100 heavy (non-hydrogen) atoms. The van der Waals surface area contributed by atoms with E-state index in [1.807, 2.05) is 21.1 Å². The summed E-state index contributed by atoms with van der Waals surface area (Å²) in [5.74, 6) is -2.00. The second kappa shape index (κ2) is 80.4. The molecule has 2 unspecified atom stereocenters. The molecule has 0 rings (SSSR count). The number of likely N-dealkylation sites (N-methyl/N-ethyl adjacent to an activating group) is 1. The average molecular weight is 1400 g/mol. The van der Waals surface area contributed by atoms with Crippen LogP contribution in [-0.4, -0.2) is 87.4 Å². The first kappa shape index (κ1) is 95.7. The predicted octanol–water partition coefficient (Wildman–Crippen LogP) is 27.4. The minimum atomic E-state index is -1.52. The summed E-state index contributed by atoms with van der Waals surface area (Å²) in [4.78, 5) is 37.8. The van der Waals surface area contributed by atoms with Gasteiger partial charge >= 0.3 is 17.9 Å². The molecular weight excluding hydrogens is 1230 g/mol. The monoisotopic (exact) mass is 1400 g/mol. The number of carboxylic acids is 1. The van der Waals surface area contributed by atoms with Gasteiger partial charge in [-0.25, -0.2) is 4.79 Å². The van der Waals surface area contributed by atoms with Gasteiger partial charge in [0, 0.05) is 12.8 Å². The van der Waals surface area contributed by atoms with Crippen molar-refractivity contribution in [3.8, 4) is 0 Å². The topological polar surface area (TPSA) is 108 Å². The van der Waals surface area contributed by atoms with Gasteiger partial charge in [0.2, 0.25) is 0 Å². The van der Waals surface area contributed by atoms with Crippen molar-refractivity contribution in [3.05, 3.63) is 122 Å². The molecule has 0 aromatic carbocycles. The lowest BCUT2D eigenvalue weighted by molar-refractivity contribution is -0.870. The number of quaternary nitrogens is 1. The zero-order valence-electron chi connectivity index (χ0n) is 66.1. The number of ether oxygens (including phenoxy) is 4. The van der Waals surface area contributed by atoms with E-state index < -0.39 is 24.3 Å². The number of carboxylic acid groups (broad SMARTS) is 1. The maximum atomic E-state index is 13.0. The number of carbonyl (C=O) groups excluding carboxylic acids is 2. The molecule has 1 N–H and O–H groups in total. The summed E-state index contributed by atoms with van der Waals surface area (Å²) in [5, 5.41) is 9.78. The Kier molecular flexibility index (Phi) is 76.9. The third kappa shape index (κ3) is 81.0. The molecule has 2 atom stereocenters. The van der Waals surface area contributed by atoms with E-state index in [4.69, 9.17) is 18.9 Å². The number of aliphatic carboxylic acids is 1. The number of rotatable bonds is 78. The molecular formula is C91H160NO8+. The van der Waals surface area contributed by atoms with Crippen molar-refractivity contribution in [1.82, 2.24) is 0 Å². The molecule has 0 saturated heterocycles. The SMILES string of the molecule is CC/C=C\C/C=C\C/C=C\C/C=C\C/C=C\C/C=C\C/C=C\C/C=C\C/C=C\C/C=C\CCCCCCCCCCCCC(=O)OC(COC(=O)CCCCCCCCCCCCCCCCCCCCCCCCCCCCCCCCCCCC)COC(OCC[N+](C)(C)C)C(=O)O. The maximum Gasteiger partial charge on any atom is 0.361 e. The van der Waals surface area contributed by atoms with Crippen LogP contribution in [0.15, 0.2) is 122 Å². The Morgan fingerprint density at radius 3 is 0.850 bits per heavy atom. The van der Waals surface area contributed by atoms with Crippen molar-refractivity contribution in [2.45, 2.75) is 392 Å². The normalized spacial score (nSPS) is 13.2. The third-order valence-electron chi connectivity index (χ3n) is 18.5. The molecule has 0 aromatic rings. The molecule has 576 valence electrons. The summed E-state index contributed by atoms with van der Waals surface area (Å²) in [6.45, 7) is 4.81. The fourth-order valence-electron chi connectivity index (χ4n) is 12.1. The van der Waals surface area contributed by atoms with Gasteiger partial charge in [-0.15, -0.1) is 0 Å². The van der Waals surface area contributed by atoms with Crippen molar-refractivity contribution in [2.24, 2.45) is 0 Å². The number of carbonyl (C=O) groups is 3. The molecule has 0 saturated carbocycles. The molecule has 0 heterocycles. The molecule has 0 bridgehead atoms. The fourth-order valence-corrected chi connectivity index (χ4v) is 12.1. The van der Waals surface area contributed by atoms with Crippen molar-refractivity contribution in [3.63, 3.8) is 0 Å². The maximum absolute atomic E-state index is 13.0. The van der Waals surface area contributed by atoms with E-state index in [9.17, 15) is 19.5 Å². The summed E-state index contributed by atoms with van der Waals surface area (Å²) in [6, 6.07) is 0. The molecule has 0 aliphatic rings. The number of unbranched alkanes of at least 4 members (excludes halogenated alkanes) is 43. The van der Waals surface area contributed by atoms with Gasteiger partial charge in [0.25, 0.3) is 6.29 Å². The number of nitrogens with zero attached hydrogens (tertiary/aromatic N) is 1. The Bertz CT molecular complexity index is 2070. The van der Waals surface area contributed by atoms with E-state index >= 15 is 0 Å². The zero-order chi connectivity index (χ0) is 72.5. The van der Waals surface area contributed by atoms with Crippen molar-refractivity contribution in [2.75, 3.05) is 47.5 Å². The van der Waals surface area contributed by atoms with Crippen LogP contribution in [0.25, 0.3) is 0 Å². The fraction of sp³-hybridized carbons (Fsp3) is 0.747. The van der Waals surface area contributed by atoms with E-state index in [1.54, 1.807) is 0 Å². The highest BCUT2D eigenvalue weighted by Crippen LogP contribution is 2.19. The minimum Gasteiger partial charge on any atom is -0.477 e. The van der Waals surface area contributed by atoms with Gasteiger partial charge < -0.3 is 28.5 Å². The number of hydrogen-bond acceptors (Lipinski definition) is 7. The Morgan fingerprint density at radius 2 is 0.570 bits per heavy atom. The molecule has 0 aliphatic carbocycles. The van der Waals surface area contributed by atoms with Crippen LogP contribution in [0.2, 0.25) is 0 Å². The van der Waals surface area contributed by atoms with Gasteiger partial charge in [0.15, 0.2) is 6.10 Å². The lowest BCUT2D eigenvalue weighted by Gasteiger charge is -2.25. The summed E-state index contributed by atoms with van der Waals surface area (Å²) in [7, 11) is 5.99. The van der Waals surface area contributed by atoms with Crippen LogP contribution in [0.5, 0.6) is 0 Å². The summed E-state index contributed by atoms with van der Waals surface area (Å²) in [5.41, 5.74) is 0. The lowest BCUT2D eigenvalue weighted by Crippen LogP contribution is -2.40. The quantitative estimate of drug-likeness (QED) is 0.0211. The third-order valence-corrected chi connectivity index (χ3v) is 18.5. The predicted molar refractivity (Wildman–Crippen MR) is 433 cm³/mol. The van der Waals surface area contributed by atoms with Gasteiger partial charge in [0.05, 0.1) is 34.4 Å². The molecule has 0 fully saturated rings. The van der Waals surface area contributed by atoms with E-state index in [0.29, 0.717) is 23.9 Å². The van der Waals surface area contributed by atoms with E-state index in [0.717, 1.165) is 109 Å². The largest absolute Gasteiger partial charge is 0.477 e. The van der Waals surface area contributed by atoms with Crippen LogP contribution < -0.4 is 0 Å². The molecule has 0 aromatic heterocycles. The minimum absolute atomic E-state index is 0.184. The first-order valence-corrected chi connectivity index (χ1v) is 42.2. The van der Waals surface area contributed by atoms with Crippen LogP contribution >= 0.6 is 0 Å². The zero-order valence-corrected chi connectivity index (χ0v) is 66.1. The van der Waals surface area contributed by atoms with Gasteiger partial charge in [-0.2, -0.15) is 0 Å². The van der Waals surface area contributed by atoms with Crippen molar-refractivity contribution < 1.29 is 42.9 Å². The van der Waals surface area contributed by atoms with Gasteiger partial charge in [0.1, 0.15) is 13.2 Å². The second-order valence-corrected chi connectivity index (χ2v) is 29.4. The van der Waals surface area contributed by atoms with E-state index in [2.05, 4.69) is 135 Å². The summed E-state index contributed by atoms with van der Waals surface area (Å²) >= 11 is 0. The highest BCUT2D eigenvalue weighted by Gasteiger charge is 2.25. The molecule has 0 radical (unpaired) electrons. The van der Waals surface area contributed by atoms with Crippen molar-refractivity contribution >= 4 is 17.9 Å². The highest BCUT2D eigenvalue weighted by molar-refractivity contribution is 5.71. The standard InChI is InChI=1S/C91H159NO8/c1-6-8-10-12-14-16-18-20-22-24-26-28-30-32-34-36-38-40-42-43-44-45-46-47-48-50-52-54-56-58-60-62-64-66-68-70-72-74-76-78-80-82-89(94)100-87(86-99-91(90(95)96)97-84-83-92(3,4)5)85-98-88(93)81-79-77-75-73-71-69-67-65-63-61-59-57-55-53-51-49-41-39-37-35-33-31-29-27-25-23-21-19-17-15-13-11-9-7-2/h8,10,14,16,20,22,26,28,32,34,38,40,43-44,46-47,50,52,56,58,87,91H,6-7,9,11-13,15,17-19,21,23-25,27,29-31,33,35-37,39,41-42,45,48-49,51,53-55,57,59-86H2,1-5H3/p+1/b10-8-,16-14-,22-20-,28-26-,34-32-,40-38-,44-43-,47-46-,52-50-,58-56-. The smallest absolute Gasteiger partial charge is 0.361 e. The van der Waals surface area contributed by atoms with Gasteiger partial charge in [-0.1, -0.05) is 399 Å². The summed E-state index contributed by atoms with van der Waals surface area (Å²) < 4.78 is 23.1. The number of esters is 2. The first-order valence-electron chi connectivity index (χ1n) is 42.2. The Labute approximate surface area is 618 Å². The van der Waals surface area contributed by atoms with Gasteiger partial charge in [-0.05, 0) is 89.9 Å². The number of hydrogen-bond donors (Lipinski definition) is 1. The average Bonchev–Trinajstić information content (AvgIpc) is 1.08. The highest BCUT2D eigenvalue weighted by atomic mass is 16.7. The molecule has 0 aliphatic heterocycles. The Balaban J connectivity index is 4.04. The van der Waals surface area contributed by atoms with Crippen LogP contribution in [0.1, 0.15) is 380 Å². The molecule has 9 nitrogen and oxygen atoms in total. The van der Waals surface area contributed by atoms with Gasteiger partial charge in [-0.3, -0.25) is 9.59 Å². The van der Waals surface area contributed by atoms with Crippen LogP contribution in [0, 0.1) is 0 Å². The second-order valence-electron chi connectivity index (χ2n) is 29.4. The molecule has 0 amide bonds. The van der Waals surface area contributed by atoms with E-state index in [1.165, 1.54) is 238 Å². The lowest BCUT2D eigenvalue weighted by atomic mass is 10.0.